The number of aliphatic hydroxyl groups excluding tert-OH is 1. The SMILES string of the molecule is OC1CCC(CNC(c2ccccc2)c2ccco2)CC1. The Labute approximate surface area is 126 Å². The van der Waals surface area contributed by atoms with Gasteiger partial charge in [0.25, 0.3) is 0 Å². The molecule has 0 radical (unpaired) electrons. The lowest BCUT2D eigenvalue weighted by atomic mass is 9.87. The topological polar surface area (TPSA) is 45.4 Å². The number of rotatable bonds is 5. The van der Waals surface area contributed by atoms with Gasteiger partial charge in [-0.25, -0.2) is 0 Å². The average molecular weight is 285 g/mol. The van der Waals surface area contributed by atoms with E-state index in [1.54, 1.807) is 6.26 Å². The minimum absolute atomic E-state index is 0.0868. The van der Waals surface area contributed by atoms with Crippen LogP contribution in [0, 0.1) is 5.92 Å². The molecular formula is C18H23NO2. The highest BCUT2D eigenvalue weighted by molar-refractivity contribution is 5.26. The van der Waals surface area contributed by atoms with Crippen LogP contribution in [0.4, 0.5) is 0 Å². The molecule has 1 aromatic heterocycles. The molecule has 3 rings (SSSR count). The van der Waals surface area contributed by atoms with Crippen molar-refractivity contribution in [2.24, 2.45) is 5.92 Å². The van der Waals surface area contributed by atoms with E-state index in [4.69, 9.17) is 4.42 Å². The summed E-state index contributed by atoms with van der Waals surface area (Å²) in [6.45, 7) is 0.965. The predicted molar refractivity (Wildman–Crippen MR) is 83.0 cm³/mol. The number of hydrogen-bond acceptors (Lipinski definition) is 3. The van der Waals surface area contributed by atoms with Crippen LogP contribution in [-0.2, 0) is 0 Å². The minimum Gasteiger partial charge on any atom is -0.467 e. The van der Waals surface area contributed by atoms with Gasteiger partial charge in [-0.1, -0.05) is 30.3 Å². The van der Waals surface area contributed by atoms with Crippen molar-refractivity contribution < 1.29 is 9.52 Å². The normalized spacial score (nSPS) is 23.9. The molecular weight excluding hydrogens is 262 g/mol. The number of furan rings is 1. The van der Waals surface area contributed by atoms with Gasteiger partial charge in [0.2, 0.25) is 0 Å². The van der Waals surface area contributed by atoms with Crippen LogP contribution in [-0.4, -0.2) is 17.8 Å². The van der Waals surface area contributed by atoms with E-state index in [-0.39, 0.29) is 12.1 Å². The Morgan fingerprint density at radius 2 is 1.81 bits per heavy atom. The van der Waals surface area contributed by atoms with E-state index in [2.05, 4.69) is 29.6 Å². The molecule has 112 valence electrons. The van der Waals surface area contributed by atoms with Crippen LogP contribution in [0.2, 0.25) is 0 Å². The van der Waals surface area contributed by atoms with Crippen LogP contribution in [0.25, 0.3) is 0 Å². The lowest BCUT2D eigenvalue weighted by Crippen LogP contribution is -2.31. The van der Waals surface area contributed by atoms with Crippen LogP contribution in [0.3, 0.4) is 0 Å². The number of nitrogens with one attached hydrogen (secondary N) is 1. The summed E-state index contributed by atoms with van der Waals surface area (Å²) in [5.41, 5.74) is 1.23. The van der Waals surface area contributed by atoms with Crippen molar-refractivity contribution in [2.75, 3.05) is 6.54 Å². The van der Waals surface area contributed by atoms with Gasteiger partial charge in [-0.2, -0.15) is 0 Å². The van der Waals surface area contributed by atoms with Gasteiger partial charge in [-0.3, -0.25) is 0 Å². The van der Waals surface area contributed by atoms with Crippen molar-refractivity contribution in [3.63, 3.8) is 0 Å². The van der Waals surface area contributed by atoms with E-state index >= 15 is 0 Å². The van der Waals surface area contributed by atoms with E-state index in [1.165, 1.54) is 5.56 Å². The van der Waals surface area contributed by atoms with Crippen molar-refractivity contribution in [1.29, 1.82) is 0 Å². The molecule has 0 bridgehead atoms. The molecule has 0 amide bonds. The quantitative estimate of drug-likeness (QED) is 0.883. The summed E-state index contributed by atoms with van der Waals surface area (Å²) in [5, 5.41) is 13.2. The van der Waals surface area contributed by atoms with Crippen molar-refractivity contribution in [2.45, 2.75) is 37.8 Å². The first-order valence-electron chi connectivity index (χ1n) is 7.82. The smallest absolute Gasteiger partial charge is 0.125 e. The third-order valence-electron chi connectivity index (χ3n) is 4.39. The van der Waals surface area contributed by atoms with Crippen LogP contribution in [0.1, 0.15) is 43.0 Å². The lowest BCUT2D eigenvalue weighted by Gasteiger charge is -2.27. The van der Waals surface area contributed by atoms with Gasteiger partial charge in [-0.15, -0.1) is 0 Å². The second-order valence-electron chi connectivity index (χ2n) is 5.94. The van der Waals surface area contributed by atoms with Gasteiger partial charge in [0.15, 0.2) is 0 Å². The largest absolute Gasteiger partial charge is 0.467 e. The average Bonchev–Trinajstić information content (AvgIpc) is 3.05. The number of hydrogen-bond donors (Lipinski definition) is 2. The molecule has 1 fully saturated rings. The van der Waals surface area contributed by atoms with E-state index in [9.17, 15) is 5.11 Å². The van der Waals surface area contributed by atoms with Gasteiger partial charge < -0.3 is 14.8 Å². The predicted octanol–water partition coefficient (Wildman–Crippen LogP) is 3.51. The van der Waals surface area contributed by atoms with Crippen LogP contribution in [0.15, 0.2) is 53.1 Å². The second-order valence-corrected chi connectivity index (χ2v) is 5.94. The summed E-state index contributed by atoms with van der Waals surface area (Å²) in [7, 11) is 0. The Kier molecular flexibility index (Phi) is 4.73. The zero-order valence-corrected chi connectivity index (χ0v) is 12.2. The van der Waals surface area contributed by atoms with Crippen LogP contribution >= 0.6 is 0 Å². The molecule has 1 heterocycles. The van der Waals surface area contributed by atoms with Gasteiger partial charge in [-0.05, 0) is 55.8 Å². The van der Waals surface area contributed by atoms with E-state index in [0.29, 0.717) is 5.92 Å². The van der Waals surface area contributed by atoms with E-state index < -0.39 is 0 Å². The molecule has 3 nitrogen and oxygen atoms in total. The minimum atomic E-state index is -0.0868. The summed E-state index contributed by atoms with van der Waals surface area (Å²) in [4.78, 5) is 0. The maximum atomic E-state index is 9.60. The second kappa shape index (κ2) is 6.92. The monoisotopic (exact) mass is 285 g/mol. The molecule has 21 heavy (non-hydrogen) atoms. The van der Waals surface area contributed by atoms with Crippen molar-refractivity contribution >= 4 is 0 Å². The fourth-order valence-corrected chi connectivity index (χ4v) is 3.12. The summed E-state index contributed by atoms with van der Waals surface area (Å²) >= 11 is 0. The maximum absolute atomic E-state index is 9.60. The Morgan fingerprint density at radius 3 is 2.48 bits per heavy atom. The van der Waals surface area contributed by atoms with Crippen molar-refractivity contribution in [1.82, 2.24) is 5.32 Å². The molecule has 1 atom stereocenters. The maximum Gasteiger partial charge on any atom is 0.125 e. The highest BCUT2D eigenvalue weighted by atomic mass is 16.3. The Bertz CT molecular complexity index is 515. The van der Waals surface area contributed by atoms with Gasteiger partial charge >= 0.3 is 0 Å². The first-order chi connectivity index (χ1) is 10.3. The first-order valence-corrected chi connectivity index (χ1v) is 7.82. The lowest BCUT2D eigenvalue weighted by molar-refractivity contribution is 0.107. The van der Waals surface area contributed by atoms with Gasteiger partial charge in [0.05, 0.1) is 18.4 Å². The molecule has 1 aliphatic rings. The van der Waals surface area contributed by atoms with Crippen molar-refractivity contribution in [3.8, 4) is 0 Å². The van der Waals surface area contributed by atoms with Gasteiger partial charge in [0.1, 0.15) is 5.76 Å². The molecule has 0 aliphatic heterocycles. The summed E-state index contributed by atoms with van der Waals surface area (Å²) in [6, 6.07) is 14.5. The summed E-state index contributed by atoms with van der Waals surface area (Å²) in [6.07, 6.45) is 5.72. The Hall–Kier alpha value is -1.58. The standard InChI is InChI=1S/C18H23NO2/c20-16-10-8-14(9-11-16)13-19-18(17-7-4-12-21-17)15-5-2-1-3-6-15/h1-7,12,14,16,18-20H,8-11,13H2. The van der Waals surface area contributed by atoms with Crippen molar-refractivity contribution in [3.05, 3.63) is 60.1 Å². The zero-order chi connectivity index (χ0) is 14.5. The summed E-state index contributed by atoms with van der Waals surface area (Å²) in [5.74, 6) is 1.60. The molecule has 1 aliphatic carbocycles. The third kappa shape index (κ3) is 3.74. The molecule has 3 heteroatoms. The molecule has 1 saturated carbocycles. The fourth-order valence-electron chi connectivity index (χ4n) is 3.12. The highest BCUT2D eigenvalue weighted by Crippen LogP contribution is 2.26. The van der Waals surface area contributed by atoms with E-state index in [1.807, 2.05) is 18.2 Å². The fraction of sp³-hybridized carbons (Fsp3) is 0.444. The molecule has 0 saturated heterocycles. The zero-order valence-electron chi connectivity index (χ0n) is 12.2. The molecule has 2 aromatic rings. The molecule has 2 N–H and O–H groups in total. The molecule has 1 unspecified atom stereocenters. The Balaban J connectivity index is 1.66. The third-order valence-corrected chi connectivity index (χ3v) is 4.39. The number of benzene rings is 1. The molecule has 0 spiro atoms. The summed E-state index contributed by atoms with van der Waals surface area (Å²) < 4.78 is 5.60. The highest BCUT2D eigenvalue weighted by Gasteiger charge is 2.22. The van der Waals surface area contributed by atoms with Crippen LogP contribution in [0.5, 0.6) is 0 Å². The van der Waals surface area contributed by atoms with Gasteiger partial charge in [0, 0.05) is 0 Å². The van der Waals surface area contributed by atoms with E-state index in [0.717, 1.165) is 38.0 Å². The van der Waals surface area contributed by atoms with Crippen LogP contribution < -0.4 is 5.32 Å². The number of aliphatic hydroxyl groups is 1. The first kappa shape index (κ1) is 14.4. The Morgan fingerprint density at radius 1 is 1.05 bits per heavy atom. The molecule has 1 aromatic carbocycles.